The van der Waals surface area contributed by atoms with E-state index in [0.29, 0.717) is 0 Å². The zero-order valence-electron chi connectivity index (χ0n) is 19.8. The van der Waals surface area contributed by atoms with Gasteiger partial charge in [0, 0.05) is 6.08 Å². The van der Waals surface area contributed by atoms with Crippen LogP contribution in [0.25, 0.3) is 0 Å². The normalized spacial score (nSPS) is 27.0. The quantitative estimate of drug-likeness (QED) is 0.212. The van der Waals surface area contributed by atoms with E-state index in [9.17, 15) is 0 Å². The highest BCUT2D eigenvalue weighted by molar-refractivity contribution is 5.26. The van der Waals surface area contributed by atoms with E-state index in [-0.39, 0.29) is 0 Å². The molecule has 2 saturated carbocycles. The van der Waals surface area contributed by atoms with Gasteiger partial charge in [0.1, 0.15) is 0 Å². The standard InChI is InChI=1S/C30H43N/c1-2-3-5-8-26-16-20-29(21-17-26)30-22-18-28(19-23-30)15-14-27-12-10-25(11-13-27)9-6-4-7-24-31/h4,7,14-17,20-21,25,27-28,30H,2-3,5-6,8-13,18-19,22-23H2,1H3/t25-,27-,28-,30-. The smallest absolute Gasteiger partial charge is 0.0908 e. The first kappa shape index (κ1) is 23.8. The number of rotatable bonds is 10. The van der Waals surface area contributed by atoms with Gasteiger partial charge in [0.25, 0.3) is 0 Å². The Morgan fingerprint density at radius 3 is 2.13 bits per heavy atom. The predicted octanol–water partition coefficient (Wildman–Crippen LogP) is 8.92. The minimum atomic E-state index is 0.778. The molecule has 2 aliphatic carbocycles. The number of unbranched alkanes of at least 4 members (excludes halogenated alkanes) is 2. The maximum Gasteiger partial charge on any atom is 0.0908 e. The summed E-state index contributed by atoms with van der Waals surface area (Å²) in [6, 6.07) is 11.7. The molecule has 1 aromatic rings. The summed E-state index contributed by atoms with van der Waals surface area (Å²) in [5.41, 5.74) is 3.09. The highest BCUT2D eigenvalue weighted by atomic mass is 14.3. The van der Waals surface area contributed by atoms with E-state index in [1.54, 1.807) is 11.6 Å². The van der Waals surface area contributed by atoms with Crippen LogP contribution in [-0.2, 0) is 6.42 Å². The van der Waals surface area contributed by atoms with Crippen molar-refractivity contribution in [2.75, 3.05) is 0 Å². The number of nitriles is 1. The fourth-order valence-electron chi connectivity index (χ4n) is 5.63. The lowest BCUT2D eigenvalue weighted by Gasteiger charge is -2.29. The number of hydrogen-bond donors (Lipinski definition) is 0. The van der Waals surface area contributed by atoms with E-state index in [1.807, 2.05) is 6.08 Å². The van der Waals surface area contributed by atoms with E-state index in [4.69, 9.17) is 5.26 Å². The molecular formula is C30H43N. The number of allylic oxidation sites excluding steroid dienone is 4. The minimum absolute atomic E-state index is 0.778. The molecule has 31 heavy (non-hydrogen) atoms. The fourth-order valence-corrected chi connectivity index (χ4v) is 5.63. The molecule has 1 aromatic carbocycles. The van der Waals surface area contributed by atoms with E-state index < -0.39 is 0 Å². The first-order valence-electron chi connectivity index (χ1n) is 13.1. The fraction of sp³-hybridized carbons (Fsp3) is 0.633. The van der Waals surface area contributed by atoms with E-state index in [0.717, 1.165) is 30.1 Å². The number of aryl methyl sites for hydroxylation is 1. The molecule has 0 heterocycles. The van der Waals surface area contributed by atoms with Crippen LogP contribution in [0.1, 0.15) is 107 Å². The summed E-state index contributed by atoms with van der Waals surface area (Å²) >= 11 is 0. The number of benzene rings is 1. The number of nitrogens with zero attached hydrogens (tertiary/aromatic N) is 1. The summed E-state index contributed by atoms with van der Waals surface area (Å²) in [4.78, 5) is 0. The second-order valence-corrected chi connectivity index (χ2v) is 10.1. The van der Waals surface area contributed by atoms with Crippen LogP contribution in [0, 0.1) is 29.1 Å². The molecule has 0 saturated heterocycles. The topological polar surface area (TPSA) is 23.8 Å². The van der Waals surface area contributed by atoms with Crippen molar-refractivity contribution in [3.63, 3.8) is 0 Å². The summed E-state index contributed by atoms with van der Waals surface area (Å²) < 4.78 is 0. The van der Waals surface area contributed by atoms with Crippen molar-refractivity contribution in [1.82, 2.24) is 0 Å². The van der Waals surface area contributed by atoms with Gasteiger partial charge >= 0.3 is 0 Å². The monoisotopic (exact) mass is 417 g/mol. The molecule has 2 fully saturated rings. The molecule has 0 radical (unpaired) electrons. The van der Waals surface area contributed by atoms with Crippen molar-refractivity contribution in [2.45, 2.75) is 103 Å². The molecule has 0 atom stereocenters. The van der Waals surface area contributed by atoms with Crippen LogP contribution >= 0.6 is 0 Å². The summed E-state index contributed by atoms with van der Waals surface area (Å²) in [6.07, 6.45) is 27.3. The van der Waals surface area contributed by atoms with Crippen molar-refractivity contribution < 1.29 is 0 Å². The first-order chi connectivity index (χ1) is 15.3. The third-order valence-electron chi connectivity index (χ3n) is 7.77. The van der Waals surface area contributed by atoms with Crippen molar-refractivity contribution in [3.05, 3.63) is 59.7 Å². The third-order valence-corrected chi connectivity index (χ3v) is 7.77. The maximum absolute atomic E-state index is 8.58. The van der Waals surface area contributed by atoms with Crippen molar-refractivity contribution in [2.24, 2.45) is 17.8 Å². The van der Waals surface area contributed by atoms with Crippen LogP contribution < -0.4 is 0 Å². The first-order valence-corrected chi connectivity index (χ1v) is 13.1. The SMILES string of the molecule is CCCCCc1ccc([C@H]2CC[C@H](C=C[C@H]3CC[C@H](CCC=CC#N)CC3)CC2)cc1. The van der Waals surface area contributed by atoms with Crippen LogP contribution in [0.15, 0.2) is 48.6 Å². The maximum atomic E-state index is 8.58. The van der Waals surface area contributed by atoms with Gasteiger partial charge in [-0.1, -0.05) is 62.3 Å². The summed E-state index contributed by atoms with van der Waals surface area (Å²) in [5.74, 6) is 3.27. The van der Waals surface area contributed by atoms with Crippen LogP contribution in [0.5, 0.6) is 0 Å². The van der Waals surface area contributed by atoms with Gasteiger partial charge in [-0.25, -0.2) is 0 Å². The zero-order chi connectivity index (χ0) is 21.7. The van der Waals surface area contributed by atoms with Gasteiger partial charge in [-0.05, 0) is 112 Å². The van der Waals surface area contributed by atoms with E-state index in [1.165, 1.54) is 89.0 Å². The lowest BCUT2D eigenvalue weighted by atomic mass is 9.76. The highest BCUT2D eigenvalue weighted by Gasteiger charge is 2.22. The molecule has 1 nitrogen and oxygen atoms in total. The third kappa shape index (κ3) is 8.33. The second-order valence-electron chi connectivity index (χ2n) is 10.1. The van der Waals surface area contributed by atoms with E-state index in [2.05, 4.69) is 49.4 Å². The van der Waals surface area contributed by atoms with Crippen LogP contribution in [0.4, 0.5) is 0 Å². The minimum Gasteiger partial charge on any atom is -0.193 e. The Morgan fingerprint density at radius 1 is 0.871 bits per heavy atom. The average molecular weight is 418 g/mol. The Labute approximate surface area is 191 Å². The molecule has 0 N–H and O–H groups in total. The Morgan fingerprint density at radius 2 is 1.52 bits per heavy atom. The van der Waals surface area contributed by atoms with Crippen LogP contribution in [0.3, 0.4) is 0 Å². The molecule has 0 aliphatic heterocycles. The molecule has 168 valence electrons. The van der Waals surface area contributed by atoms with Gasteiger partial charge < -0.3 is 0 Å². The highest BCUT2D eigenvalue weighted by Crippen LogP contribution is 2.38. The van der Waals surface area contributed by atoms with Crippen molar-refractivity contribution >= 4 is 0 Å². The summed E-state index contributed by atoms with van der Waals surface area (Å²) in [6.45, 7) is 2.28. The lowest BCUT2D eigenvalue weighted by molar-refractivity contribution is 0.295. The van der Waals surface area contributed by atoms with Gasteiger partial charge in [0.2, 0.25) is 0 Å². The molecule has 2 aliphatic rings. The molecular weight excluding hydrogens is 374 g/mol. The lowest BCUT2D eigenvalue weighted by Crippen LogP contribution is -2.14. The zero-order valence-corrected chi connectivity index (χ0v) is 19.8. The summed E-state index contributed by atoms with van der Waals surface area (Å²) in [5, 5.41) is 8.58. The number of hydrogen-bond acceptors (Lipinski definition) is 1. The van der Waals surface area contributed by atoms with Gasteiger partial charge in [-0.2, -0.15) is 5.26 Å². The molecule has 3 rings (SSSR count). The molecule has 0 bridgehead atoms. The van der Waals surface area contributed by atoms with E-state index >= 15 is 0 Å². The Hall–Kier alpha value is -1.81. The molecule has 0 spiro atoms. The molecule has 0 amide bonds. The largest absolute Gasteiger partial charge is 0.193 e. The molecule has 1 heteroatoms. The Bertz CT molecular complexity index is 704. The predicted molar refractivity (Wildman–Crippen MR) is 133 cm³/mol. The Balaban J connectivity index is 1.34. The van der Waals surface area contributed by atoms with Gasteiger partial charge in [-0.3, -0.25) is 0 Å². The van der Waals surface area contributed by atoms with Crippen molar-refractivity contribution in [3.8, 4) is 6.07 Å². The second kappa shape index (κ2) is 13.6. The van der Waals surface area contributed by atoms with Gasteiger partial charge in [0.15, 0.2) is 0 Å². The Kier molecular flexibility index (Phi) is 10.4. The average Bonchev–Trinajstić information content (AvgIpc) is 2.82. The van der Waals surface area contributed by atoms with Gasteiger partial charge in [0.05, 0.1) is 6.07 Å². The molecule has 0 aromatic heterocycles. The molecule has 0 unspecified atom stereocenters. The van der Waals surface area contributed by atoms with Crippen LogP contribution in [-0.4, -0.2) is 0 Å². The van der Waals surface area contributed by atoms with Gasteiger partial charge in [-0.15, -0.1) is 0 Å². The summed E-state index contributed by atoms with van der Waals surface area (Å²) in [7, 11) is 0. The van der Waals surface area contributed by atoms with Crippen LogP contribution in [0.2, 0.25) is 0 Å². The van der Waals surface area contributed by atoms with Crippen molar-refractivity contribution in [1.29, 1.82) is 5.26 Å².